The van der Waals surface area contributed by atoms with E-state index in [2.05, 4.69) is 4.72 Å². The zero-order valence-corrected chi connectivity index (χ0v) is 13.0. The van der Waals surface area contributed by atoms with Crippen LogP contribution in [0.15, 0.2) is 24.3 Å². The first-order chi connectivity index (χ1) is 8.75. The highest BCUT2D eigenvalue weighted by Crippen LogP contribution is 2.20. The van der Waals surface area contributed by atoms with Crippen molar-refractivity contribution in [3.8, 4) is 0 Å². The van der Waals surface area contributed by atoms with Gasteiger partial charge in [-0.1, -0.05) is 23.7 Å². The van der Waals surface area contributed by atoms with Crippen LogP contribution in [-0.4, -0.2) is 22.0 Å². The third-order valence-electron chi connectivity index (χ3n) is 2.42. The number of halogens is 1. The van der Waals surface area contributed by atoms with E-state index in [9.17, 15) is 9.00 Å². The van der Waals surface area contributed by atoms with Gasteiger partial charge >= 0.3 is 5.97 Å². The predicted molar refractivity (Wildman–Crippen MR) is 77.2 cm³/mol. The summed E-state index contributed by atoms with van der Waals surface area (Å²) in [5.41, 5.74) is 0.661. The molecule has 0 spiro atoms. The van der Waals surface area contributed by atoms with Gasteiger partial charge in [0.15, 0.2) is 0 Å². The molecule has 1 rings (SSSR count). The number of hydrogen-bond acceptors (Lipinski definition) is 3. The van der Waals surface area contributed by atoms with Gasteiger partial charge in [0.2, 0.25) is 0 Å². The molecule has 0 unspecified atom stereocenters. The van der Waals surface area contributed by atoms with Crippen LogP contribution in [-0.2, 0) is 20.5 Å². The van der Waals surface area contributed by atoms with E-state index in [0.717, 1.165) is 0 Å². The standard InChI is InChI=1S/C13H18ClNO3S/c1-13(2,3)19(17)15-11(12(16)18-4)9-5-7-10(14)8-6-9/h5-8,11,15H,1-4H3/t11-,19-/m1/s1. The number of benzene rings is 1. The summed E-state index contributed by atoms with van der Waals surface area (Å²) < 4.78 is 19.2. The third-order valence-corrected chi connectivity index (χ3v) is 4.24. The van der Waals surface area contributed by atoms with Gasteiger partial charge in [-0.2, -0.15) is 0 Å². The molecular formula is C13H18ClNO3S. The SMILES string of the molecule is COC(=O)[C@H](N[S@](=O)C(C)(C)C)c1ccc(Cl)cc1. The normalized spacial score (nSPS) is 14.8. The molecule has 1 aromatic rings. The Morgan fingerprint density at radius 2 is 1.84 bits per heavy atom. The smallest absolute Gasteiger partial charge is 0.328 e. The van der Waals surface area contributed by atoms with Gasteiger partial charge in [-0.05, 0) is 38.5 Å². The Kier molecular flexibility index (Phi) is 5.52. The quantitative estimate of drug-likeness (QED) is 0.870. The maximum absolute atomic E-state index is 12.1. The summed E-state index contributed by atoms with van der Waals surface area (Å²) in [6, 6.07) is 5.98. The van der Waals surface area contributed by atoms with Gasteiger partial charge in [-0.3, -0.25) is 0 Å². The zero-order valence-electron chi connectivity index (χ0n) is 11.4. The molecule has 0 radical (unpaired) electrons. The molecule has 1 N–H and O–H groups in total. The van der Waals surface area contributed by atoms with E-state index in [1.165, 1.54) is 7.11 Å². The van der Waals surface area contributed by atoms with Crippen molar-refractivity contribution < 1.29 is 13.7 Å². The van der Waals surface area contributed by atoms with E-state index in [0.29, 0.717) is 10.6 Å². The maximum Gasteiger partial charge on any atom is 0.328 e. The molecule has 0 fully saturated rings. The summed E-state index contributed by atoms with van der Waals surface area (Å²) in [4.78, 5) is 11.8. The van der Waals surface area contributed by atoms with E-state index in [1.807, 2.05) is 20.8 Å². The van der Waals surface area contributed by atoms with Crippen molar-refractivity contribution in [3.05, 3.63) is 34.9 Å². The lowest BCUT2D eigenvalue weighted by Crippen LogP contribution is -2.39. The molecule has 4 nitrogen and oxygen atoms in total. The molecule has 19 heavy (non-hydrogen) atoms. The molecule has 2 atom stereocenters. The Hall–Kier alpha value is -0.910. The molecule has 0 aliphatic carbocycles. The Bertz CT molecular complexity index is 468. The Labute approximate surface area is 121 Å². The van der Waals surface area contributed by atoms with Crippen molar-refractivity contribution in [2.24, 2.45) is 0 Å². The number of nitrogens with one attached hydrogen (secondary N) is 1. The van der Waals surface area contributed by atoms with Crippen molar-refractivity contribution in [1.82, 2.24) is 4.72 Å². The molecule has 6 heteroatoms. The second-order valence-corrected chi connectivity index (χ2v) is 7.44. The second-order valence-electron chi connectivity index (χ2n) is 5.01. The Morgan fingerprint density at radius 3 is 2.26 bits per heavy atom. The topological polar surface area (TPSA) is 55.4 Å². The summed E-state index contributed by atoms with van der Waals surface area (Å²) in [6.07, 6.45) is 0. The van der Waals surface area contributed by atoms with Crippen LogP contribution < -0.4 is 4.72 Å². The highest BCUT2D eigenvalue weighted by atomic mass is 35.5. The Morgan fingerprint density at radius 1 is 1.32 bits per heavy atom. The maximum atomic E-state index is 12.1. The van der Waals surface area contributed by atoms with Gasteiger partial charge in [-0.15, -0.1) is 0 Å². The number of hydrogen-bond donors (Lipinski definition) is 1. The molecule has 0 aromatic heterocycles. The molecule has 0 saturated heterocycles. The van der Waals surface area contributed by atoms with Crippen LogP contribution in [0, 0.1) is 0 Å². The van der Waals surface area contributed by atoms with Gasteiger partial charge in [-0.25, -0.2) is 13.7 Å². The van der Waals surface area contributed by atoms with Crippen molar-refractivity contribution in [2.75, 3.05) is 7.11 Å². The lowest BCUT2D eigenvalue weighted by molar-refractivity contribution is -0.142. The largest absolute Gasteiger partial charge is 0.468 e. The molecule has 106 valence electrons. The summed E-state index contributed by atoms with van der Waals surface area (Å²) in [5, 5.41) is 0.573. The molecule has 0 amide bonds. The highest BCUT2D eigenvalue weighted by molar-refractivity contribution is 7.84. The summed E-state index contributed by atoms with van der Waals surface area (Å²) in [5.74, 6) is -0.486. The number of rotatable bonds is 4. The predicted octanol–water partition coefficient (Wildman–Crippen LogP) is 2.61. The van der Waals surface area contributed by atoms with Crippen molar-refractivity contribution in [3.63, 3.8) is 0 Å². The van der Waals surface area contributed by atoms with Crippen molar-refractivity contribution in [1.29, 1.82) is 0 Å². The third kappa shape index (κ3) is 4.60. The van der Waals surface area contributed by atoms with E-state index < -0.39 is 27.7 Å². The molecule has 0 aliphatic rings. The first kappa shape index (κ1) is 16.1. The zero-order chi connectivity index (χ0) is 14.6. The van der Waals surface area contributed by atoms with Crippen LogP contribution in [0.2, 0.25) is 5.02 Å². The number of carbonyl (C=O) groups is 1. The Balaban J connectivity index is 2.99. The fraction of sp³-hybridized carbons (Fsp3) is 0.462. The minimum absolute atomic E-state index is 0.474. The van der Waals surface area contributed by atoms with E-state index in [-0.39, 0.29) is 0 Å². The van der Waals surface area contributed by atoms with Crippen molar-refractivity contribution in [2.45, 2.75) is 31.6 Å². The monoisotopic (exact) mass is 303 g/mol. The van der Waals surface area contributed by atoms with Crippen LogP contribution in [0.4, 0.5) is 0 Å². The average molecular weight is 304 g/mol. The van der Waals surface area contributed by atoms with Crippen LogP contribution in [0.5, 0.6) is 0 Å². The van der Waals surface area contributed by atoms with Gasteiger partial charge in [0.05, 0.1) is 22.8 Å². The second kappa shape index (κ2) is 6.50. The van der Waals surface area contributed by atoms with Crippen LogP contribution in [0.3, 0.4) is 0 Å². The lowest BCUT2D eigenvalue weighted by atomic mass is 10.1. The highest BCUT2D eigenvalue weighted by Gasteiger charge is 2.28. The number of methoxy groups -OCH3 is 1. The molecule has 0 aliphatic heterocycles. The van der Waals surface area contributed by atoms with Crippen LogP contribution >= 0.6 is 11.6 Å². The molecule has 0 saturated carbocycles. The first-order valence-corrected chi connectivity index (χ1v) is 7.30. The number of ether oxygens (including phenoxy) is 1. The minimum Gasteiger partial charge on any atom is -0.468 e. The molecule has 0 heterocycles. The van der Waals surface area contributed by atoms with Crippen LogP contribution in [0.25, 0.3) is 0 Å². The lowest BCUT2D eigenvalue weighted by Gasteiger charge is -2.23. The first-order valence-electron chi connectivity index (χ1n) is 5.77. The van der Waals surface area contributed by atoms with Crippen molar-refractivity contribution >= 4 is 28.6 Å². The molecule has 1 aromatic carbocycles. The van der Waals surface area contributed by atoms with Gasteiger partial charge < -0.3 is 4.74 Å². The fourth-order valence-corrected chi connectivity index (χ4v) is 2.24. The van der Waals surface area contributed by atoms with Gasteiger partial charge in [0.25, 0.3) is 0 Å². The van der Waals surface area contributed by atoms with E-state index >= 15 is 0 Å². The minimum atomic E-state index is -1.38. The fourth-order valence-electron chi connectivity index (χ4n) is 1.31. The molecular weight excluding hydrogens is 286 g/mol. The van der Waals surface area contributed by atoms with Crippen LogP contribution in [0.1, 0.15) is 32.4 Å². The summed E-state index contributed by atoms with van der Waals surface area (Å²) >= 11 is 5.81. The molecule has 0 bridgehead atoms. The summed E-state index contributed by atoms with van der Waals surface area (Å²) in [7, 11) is -0.0807. The summed E-state index contributed by atoms with van der Waals surface area (Å²) in [6.45, 7) is 5.48. The van der Waals surface area contributed by atoms with E-state index in [4.69, 9.17) is 16.3 Å². The number of carbonyl (C=O) groups excluding carboxylic acids is 1. The average Bonchev–Trinajstić information content (AvgIpc) is 2.35. The van der Waals surface area contributed by atoms with Gasteiger partial charge in [0.1, 0.15) is 6.04 Å². The van der Waals surface area contributed by atoms with E-state index in [1.54, 1.807) is 24.3 Å². The number of esters is 1. The van der Waals surface area contributed by atoms with Gasteiger partial charge in [0, 0.05) is 5.02 Å².